The molecule has 0 fully saturated rings. The summed E-state index contributed by atoms with van der Waals surface area (Å²) in [5.41, 5.74) is 3.09. The van der Waals surface area contributed by atoms with Crippen LogP contribution in [0.1, 0.15) is 28.0 Å². The summed E-state index contributed by atoms with van der Waals surface area (Å²) in [4.78, 5) is 18.1. The van der Waals surface area contributed by atoms with Crippen molar-refractivity contribution in [3.8, 4) is 0 Å². The molecule has 3 nitrogen and oxygen atoms in total. The summed E-state index contributed by atoms with van der Waals surface area (Å²) in [6.45, 7) is 2.58. The van der Waals surface area contributed by atoms with E-state index >= 15 is 0 Å². The molecule has 0 spiro atoms. The quantitative estimate of drug-likeness (QED) is 0.809. The van der Waals surface area contributed by atoms with Gasteiger partial charge >= 0.3 is 0 Å². The van der Waals surface area contributed by atoms with Crippen molar-refractivity contribution in [1.82, 2.24) is 9.88 Å². The van der Waals surface area contributed by atoms with E-state index in [0.717, 1.165) is 25.7 Å². The molecular weight excluding hydrogens is 267 g/mol. The van der Waals surface area contributed by atoms with E-state index in [0.29, 0.717) is 18.7 Å². The Balaban J connectivity index is 1.56. The molecule has 1 aliphatic rings. The second-order valence-electron chi connectivity index (χ2n) is 5.33. The molecule has 0 bridgehead atoms. The van der Waals surface area contributed by atoms with E-state index in [2.05, 4.69) is 34.1 Å². The molecule has 0 saturated carbocycles. The van der Waals surface area contributed by atoms with Crippen LogP contribution in [0.15, 0.2) is 42.6 Å². The zero-order valence-corrected chi connectivity index (χ0v) is 11.8. The van der Waals surface area contributed by atoms with E-state index in [1.807, 2.05) is 0 Å². The second-order valence-corrected chi connectivity index (χ2v) is 5.33. The maximum atomic E-state index is 12.8. The summed E-state index contributed by atoms with van der Waals surface area (Å²) >= 11 is 0. The summed E-state index contributed by atoms with van der Waals surface area (Å²) < 4.78 is 12.8. The van der Waals surface area contributed by atoms with Gasteiger partial charge in [0.2, 0.25) is 0 Å². The van der Waals surface area contributed by atoms with Crippen molar-refractivity contribution in [1.29, 1.82) is 0 Å². The fraction of sp³-hybridized carbons (Fsp3) is 0.294. The Labute approximate surface area is 123 Å². The number of aromatic nitrogens is 1. The maximum Gasteiger partial charge on any atom is 0.182 e. The van der Waals surface area contributed by atoms with Crippen molar-refractivity contribution in [2.75, 3.05) is 13.1 Å². The highest BCUT2D eigenvalue weighted by molar-refractivity contribution is 5.94. The van der Waals surface area contributed by atoms with Gasteiger partial charge in [-0.1, -0.05) is 24.3 Å². The van der Waals surface area contributed by atoms with Crippen LogP contribution >= 0.6 is 0 Å². The topological polar surface area (TPSA) is 33.2 Å². The highest BCUT2D eigenvalue weighted by atomic mass is 19.1. The third-order valence-electron chi connectivity index (χ3n) is 3.88. The van der Waals surface area contributed by atoms with Crippen LogP contribution < -0.4 is 0 Å². The van der Waals surface area contributed by atoms with Gasteiger partial charge in [-0.15, -0.1) is 0 Å². The molecule has 3 rings (SSSR count). The van der Waals surface area contributed by atoms with E-state index < -0.39 is 5.82 Å². The van der Waals surface area contributed by atoms with Gasteiger partial charge in [-0.3, -0.25) is 14.7 Å². The highest BCUT2D eigenvalue weighted by Crippen LogP contribution is 2.18. The minimum atomic E-state index is -0.417. The number of Topliss-reactive ketones (excluding diaryl/α,β-unsaturated/α-hetero) is 1. The summed E-state index contributed by atoms with van der Waals surface area (Å²) in [5, 5.41) is 0. The molecule has 0 atom stereocenters. The average molecular weight is 284 g/mol. The largest absolute Gasteiger partial charge is 0.298 e. The van der Waals surface area contributed by atoms with Gasteiger partial charge in [-0.2, -0.15) is 0 Å². The Morgan fingerprint density at radius 1 is 1.19 bits per heavy atom. The molecule has 0 radical (unpaired) electrons. The van der Waals surface area contributed by atoms with Crippen molar-refractivity contribution in [2.24, 2.45) is 0 Å². The Hall–Kier alpha value is -2.07. The van der Waals surface area contributed by atoms with Gasteiger partial charge in [0, 0.05) is 26.1 Å². The van der Waals surface area contributed by atoms with Crippen molar-refractivity contribution in [3.05, 3.63) is 65.2 Å². The number of nitrogens with zero attached hydrogens (tertiary/aromatic N) is 2. The molecular formula is C17H17FN2O. The summed E-state index contributed by atoms with van der Waals surface area (Å²) in [6.07, 6.45) is 2.53. The van der Waals surface area contributed by atoms with E-state index in [4.69, 9.17) is 0 Å². The fourth-order valence-corrected chi connectivity index (χ4v) is 2.67. The lowest BCUT2D eigenvalue weighted by molar-refractivity contribution is 0.0956. The van der Waals surface area contributed by atoms with Crippen LogP contribution in [0.3, 0.4) is 0 Å². The zero-order chi connectivity index (χ0) is 14.7. The number of benzene rings is 1. The maximum absolute atomic E-state index is 12.8. The van der Waals surface area contributed by atoms with Crippen molar-refractivity contribution in [2.45, 2.75) is 19.4 Å². The van der Waals surface area contributed by atoms with Crippen LogP contribution in [-0.2, 0) is 13.0 Å². The molecule has 1 aromatic heterocycles. The zero-order valence-electron chi connectivity index (χ0n) is 11.8. The van der Waals surface area contributed by atoms with Gasteiger partial charge in [-0.25, -0.2) is 4.39 Å². The average Bonchev–Trinajstić information content (AvgIpc) is 2.53. The molecule has 1 aromatic carbocycles. The van der Waals surface area contributed by atoms with Gasteiger partial charge in [0.25, 0.3) is 0 Å². The van der Waals surface area contributed by atoms with Crippen molar-refractivity contribution >= 4 is 5.78 Å². The Morgan fingerprint density at radius 3 is 2.76 bits per heavy atom. The van der Waals surface area contributed by atoms with Crippen LogP contribution in [0.5, 0.6) is 0 Å². The van der Waals surface area contributed by atoms with Crippen LogP contribution in [-0.4, -0.2) is 28.8 Å². The summed E-state index contributed by atoms with van der Waals surface area (Å²) in [6, 6.07) is 11.2. The standard InChI is InChI=1S/C17H17FN2O/c18-15-5-6-16(19-11-15)17(21)8-10-20-9-7-13-3-1-2-4-14(13)12-20/h1-6,11H,7-10,12H2. The van der Waals surface area contributed by atoms with Gasteiger partial charge in [0.15, 0.2) is 5.78 Å². The molecule has 108 valence electrons. The van der Waals surface area contributed by atoms with E-state index in [1.54, 1.807) is 0 Å². The number of rotatable bonds is 4. The monoisotopic (exact) mass is 284 g/mol. The fourth-order valence-electron chi connectivity index (χ4n) is 2.67. The molecule has 1 aliphatic heterocycles. The van der Waals surface area contributed by atoms with Crippen LogP contribution in [0.25, 0.3) is 0 Å². The van der Waals surface area contributed by atoms with Gasteiger partial charge in [0.1, 0.15) is 11.5 Å². The number of carbonyl (C=O) groups excluding carboxylic acids is 1. The lowest BCUT2D eigenvalue weighted by atomic mass is 9.99. The number of pyridine rings is 1. The summed E-state index contributed by atoms with van der Waals surface area (Å²) in [5.74, 6) is -0.451. The van der Waals surface area contributed by atoms with Crippen LogP contribution in [0, 0.1) is 5.82 Å². The molecule has 0 amide bonds. The SMILES string of the molecule is O=C(CCN1CCc2ccccc2C1)c1ccc(F)cn1. The first-order valence-corrected chi connectivity index (χ1v) is 7.16. The first kappa shape index (κ1) is 13.9. The van der Waals surface area contributed by atoms with Gasteiger partial charge in [-0.05, 0) is 29.7 Å². The number of carbonyl (C=O) groups is 1. The lowest BCUT2D eigenvalue weighted by Crippen LogP contribution is -2.32. The molecule has 21 heavy (non-hydrogen) atoms. The van der Waals surface area contributed by atoms with E-state index in [-0.39, 0.29) is 5.78 Å². The van der Waals surface area contributed by atoms with Gasteiger partial charge in [0.05, 0.1) is 6.20 Å². The number of hydrogen-bond donors (Lipinski definition) is 0. The first-order valence-electron chi connectivity index (χ1n) is 7.16. The lowest BCUT2D eigenvalue weighted by Gasteiger charge is -2.28. The Morgan fingerprint density at radius 2 is 2.00 bits per heavy atom. The van der Waals surface area contributed by atoms with Crippen LogP contribution in [0.4, 0.5) is 4.39 Å². The smallest absolute Gasteiger partial charge is 0.182 e. The van der Waals surface area contributed by atoms with Gasteiger partial charge < -0.3 is 0 Å². The molecule has 2 heterocycles. The first-order chi connectivity index (χ1) is 10.2. The van der Waals surface area contributed by atoms with E-state index in [9.17, 15) is 9.18 Å². The molecule has 0 unspecified atom stereocenters. The Bertz CT molecular complexity index is 639. The normalized spacial score (nSPS) is 14.7. The Kier molecular flexibility index (Phi) is 4.06. The highest BCUT2D eigenvalue weighted by Gasteiger charge is 2.17. The third-order valence-corrected chi connectivity index (χ3v) is 3.88. The number of halogens is 1. The minimum absolute atomic E-state index is 0.0335. The minimum Gasteiger partial charge on any atom is -0.298 e. The predicted octanol–water partition coefficient (Wildman–Crippen LogP) is 2.85. The van der Waals surface area contributed by atoms with Crippen LogP contribution in [0.2, 0.25) is 0 Å². The van der Waals surface area contributed by atoms with Crippen molar-refractivity contribution in [3.63, 3.8) is 0 Å². The van der Waals surface area contributed by atoms with E-state index in [1.165, 1.54) is 23.3 Å². The second kappa shape index (κ2) is 6.14. The molecule has 2 aromatic rings. The molecule has 0 N–H and O–H groups in total. The molecule has 0 aliphatic carbocycles. The third kappa shape index (κ3) is 3.34. The number of hydrogen-bond acceptors (Lipinski definition) is 3. The number of ketones is 1. The number of fused-ring (bicyclic) bond motifs is 1. The molecule has 4 heteroatoms. The predicted molar refractivity (Wildman–Crippen MR) is 78.6 cm³/mol. The summed E-state index contributed by atoms with van der Waals surface area (Å²) in [7, 11) is 0. The molecule has 0 saturated heterocycles. The van der Waals surface area contributed by atoms with Crippen molar-refractivity contribution < 1.29 is 9.18 Å².